The van der Waals surface area contributed by atoms with Crippen molar-refractivity contribution >= 4 is 27.5 Å². The molecule has 0 bridgehead atoms. The Morgan fingerprint density at radius 2 is 0.548 bits per heavy atom. The zero-order valence-corrected chi connectivity index (χ0v) is 23.0. The van der Waals surface area contributed by atoms with Gasteiger partial charge in [0.1, 0.15) is 0 Å². The average Bonchev–Trinajstić information content (AvgIpc) is 2.67. The summed E-state index contributed by atoms with van der Waals surface area (Å²) in [6.45, 7) is 20.6. The molecule has 0 nitrogen and oxygen atoms in total. The van der Waals surface area contributed by atoms with E-state index in [2.05, 4.69) is 135 Å². The van der Waals surface area contributed by atoms with Crippen molar-refractivity contribution in [3.63, 3.8) is 0 Å². The van der Waals surface area contributed by atoms with Crippen LogP contribution in [0.3, 0.4) is 0 Å². The third kappa shape index (κ3) is 5.72. The summed E-state index contributed by atoms with van der Waals surface area (Å²) in [5.41, 5.74) is 4.75. The van der Waals surface area contributed by atoms with Crippen molar-refractivity contribution in [2.24, 2.45) is 0 Å². The van der Waals surface area contributed by atoms with Crippen molar-refractivity contribution in [3.05, 3.63) is 89.5 Å². The van der Waals surface area contributed by atoms with Gasteiger partial charge >= 0.3 is 196 Å². The van der Waals surface area contributed by atoms with Crippen molar-refractivity contribution in [3.8, 4) is 0 Å². The molecule has 163 valence electrons. The summed E-state index contributed by atoms with van der Waals surface area (Å²) < 4.78 is 4.54. The molecule has 0 aliphatic rings. The summed E-state index contributed by atoms with van der Waals surface area (Å²) in [7, 11) is 0. The Hall–Kier alpha value is -1.80. The van der Waals surface area contributed by atoms with Crippen LogP contribution in [-0.4, -0.2) is 14.3 Å². The van der Waals surface area contributed by atoms with E-state index in [1.54, 1.807) is 0 Å². The predicted molar refractivity (Wildman–Crippen MR) is 140 cm³/mol. The standard InChI is InChI=1S/C30H39Ge/c1-28(2,3)22-10-16-25(17-11-22)31(26-18-12-23(13-19-26)29(4,5)6)27-20-14-24(15-21-27)30(7,8)9/h10-21H,1-9H3. The maximum atomic E-state index is 2.39. The molecule has 1 heteroatoms. The van der Waals surface area contributed by atoms with E-state index in [-0.39, 0.29) is 16.2 Å². The fraction of sp³-hybridized carbons (Fsp3) is 0.400. The van der Waals surface area contributed by atoms with Gasteiger partial charge in [-0.3, -0.25) is 0 Å². The zero-order chi connectivity index (χ0) is 23.0. The van der Waals surface area contributed by atoms with Gasteiger partial charge in [0.2, 0.25) is 0 Å². The molecule has 0 amide bonds. The van der Waals surface area contributed by atoms with Crippen LogP contribution in [0.25, 0.3) is 0 Å². The van der Waals surface area contributed by atoms with Crippen LogP contribution in [0, 0.1) is 0 Å². The summed E-state index contributed by atoms with van der Waals surface area (Å²) in [5, 5.41) is 0. The van der Waals surface area contributed by atoms with E-state index in [9.17, 15) is 0 Å². The quantitative estimate of drug-likeness (QED) is 0.405. The van der Waals surface area contributed by atoms with Crippen LogP contribution < -0.4 is 13.2 Å². The number of hydrogen-bond donors (Lipinski definition) is 0. The number of hydrogen-bond acceptors (Lipinski definition) is 0. The molecule has 0 spiro atoms. The predicted octanol–water partition coefficient (Wildman–Crippen LogP) is 6.10. The summed E-state index contributed by atoms with van der Waals surface area (Å²) >= 11 is -1.89. The third-order valence-corrected chi connectivity index (χ3v) is 11.9. The van der Waals surface area contributed by atoms with E-state index in [1.165, 1.54) is 29.9 Å². The molecule has 0 heterocycles. The Morgan fingerprint density at radius 1 is 0.355 bits per heavy atom. The van der Waals surface area contributed by atoms with E-state index >= 15 is 0 Å². The molecule has 0 fully saturated rings. The molecule has 0 unspecified atom stereocenters. The van der Waals surface area contributed by atoms with E-state index < -0.39 is 14.3 Å². The summed E-state index contributed by atoms with van der Waals surface area (Å²) in [6, 6.07) is 28.4. The van der Waals surface area contributed by atoms with E-state index in [0.717, 1.165) is 0 Å². The van der Waals surface area contributed by atoms with Crippen molar-refractivity contribution in [2.75, 3.05) is 0 Å². The van der Waals surface area contributed by atoms with Crippen LogP contribution in [0.2, 0.25) is 0 Å². The van der Waals surface area contributed by atoms with Crippen LogP contribution in [0.15, 0.2) is 72.8 Å². The van der Waals surface area contributed by atoms with Gasteiger partial charge in [0, 0.05) is 0 Å². The van der Waals surface area contributed by atoms with Gasteiger partial charge in [0.05, 0.1) is 0 Å². The molecule has 3 rings (SSSR count). The fourth-order valence-corrected chi connectivity index (χ4v) is 9.16. The van der Waals surface area contributed by atoms with Crippen LogP contribution in [0.5, 0.6) is 0 Å². The van der Waals surface area contributed by atoms with Crippen LogP contribution in [0.1, 0.15) is 79.0 Å². The topological polar surface area (TPSA) is 0 Å². The normalized spacial score (nSPS) is 13.0. The second-order valence-corrected chi connectivity index (χ2v) is 17.1. The molecule has 0 aliphatic carbocycles. The van der Waals surface area contributed by atoms with Crippen LogP contribution in [-0.2, 0) is 16.2 Å². The van der Waals surface area contributed by atoms with Gasteiger partial charge in [-0.25, -0.2) is 0 Å². The van der Waals surface area contributed by atoms with Crippen molar-refractivity contribution in [1.29, 1.82) is 0 Å². The summed E-state index contributed by atoms with van der Waals surface area (Å²) in [6.07, 6.45) is 0. The minimum absolute atomic E-state index is 0.182. The summed E-state index contributed by atoms with van der Waals surface area (Å²) in [5.74, 6) is 0. The monoisotopic (exact) mass is 473 g/mol. The summed E-state index contributed by atoms with van der Waals surface area (Å²) in [4.78, 5) is 0. The second kappa shape index (κ2) is 8.62. The Morgan fingerprint density at radius 3 is 0.710 bits per heavy atom. The van der Waals surface area contributed by atoms with Gasteiger partial charge in [-0.15, -0.1) is 0 Å². The molecule has 0 aromatic heterocycles. The van der Waals surface area contributed by atoms with E-state index in [0.29, 0.717) is 0 Å². The third-order valence-electron chi connectivity index (χ3n) is 6.12. The Kier molecular flexibility index (Phi) is 6.63. The first-order valence-corrected chi connectivity index (χ1v) is 14.6. The first kappa shape index (κ1) is 23.9. The molecular formula is C30H39Ge. The second-order valence-electron chi connectivity index (χ2n) is 11.9. The van der Waals surface area contributed by atoms with Crippen LogP contribution >= 0.6 is 0 Å². The molecule has 0 aliphatic heterocycles. The van der Waals surface area contributed by atoms with Gasteiger partial charge in [0.25, 0.3) is 0 Å². The van der Waals surface area contributed by atoms with Gasteiger partial charge < -0.3 is 0 Å². The molecule has 31 heavy (non-hydrogen) atoms. The zero-order valence-electron chi connectivity index (χ0n) is 20.9. The molecule has 0 saturated heterocycles. The van der Waals surface area contributed by atoms with Gasteiger partial charge in [-0.2, -0.15) is 0 Å². The van der Waals surface area contributed by atoms with E-state index in [1.807, 2.05) is 0 Å². The number of benzene rings is 3. The van der Waals surface area contributed by atoms with Gasteiger partial charge in [0.15, 0.2) is 0 Å². The molecule has 0 N–H and O–H groups in total. The van der Waals surface area contributed by atoms with E-state index in [4.69, 9.17) is 0 Å². The molecule has 3 aromatic carbocycles. The van der Waals surface area contributed by atoms with Gasteiger partial charge in [-0.05, 0) is 0 Å². The van der Waals surface area contributed by atoms with Crippen molar-refractivity contribution in [1.82, 2.24) is 0 Å². The first-order valence-electron chi connectivity index (χ1n) is 11.5. The molecule has 3 aromatic rings. The first-order chi connectivity index (χ1) is 14.3. The fourth-order valence-electron chi connectivity index (χ4n) is 3.91. The Balaban J connectivity index is 2.08. The molecule has 0 atom stereocenters. The molecule has 0 saturated carbocycles. The van der Waals surface area contributed by atoms with Crippen molar-refractivity contribution in [2.45, 2.75) is 78.6 Å². The Labute approximate surface area is 195 Å². The average molecular weight is 472 g/mol. The molecular weight excluding hydrogens is 433 g/mol. The maximum absolute atomic E-state index is 2.39. The minimum atomic E-state index is -1.89. The van der Waals surface area contributed by atoms with Gasteiger partial charge in [-0.1, -0.05) is 0 Å². The van der Waals surface area contributed by atoms with Crippen LogP contribution in [0.4, 0.5) is 0 Å². The SMILES string of the molecule is CC(C)(C)c1cc[c]([Ge]([c]2ccc(C(C)(C)C)cc2)[c]2ccc(C(C)(C)C)cc2)cc1. The number of rotatable bonds is 3. The Bertz CT molecular complexity index is 850. The van der Waals surface area contributed by atoms with Crippen molar-refractivity contribution < 1.29 is 0 Å². The molecule has 1 radical (unpaired) electrons.